The quantitative estimate of drug-likeness (QED) is 0.680. The number of rotatable bonds is 5. The number of hydrogen-bond donors (Lipinski definition) is 3. The third-order valence-electron chi connectivity index (χ3n) is 2.65. The molecule has 1 aromatic heterocycles. The van der Waals surface area contributed by atoms with Gasteiger partial charge in [-0.15, -0.1) is 0 Å². The zero-order valence-corrected chi connectivity index (χ0v) is 13.2. The van der Waals surface area contributed by atoms with Crippen molar-refractivity contribution < 1.29 is 25.8 Å². The normalized spacial score (nSPS) is 12.3. The third kappa shape index (κ3) is 3.78. The first-order valence-electron chi connectivity index (χ1n) is 5.69. The Morgan fingerprint density at radius 2 is 1.91 bits per heavy atom. The van der Waals surface area contributed by atoms with Gasteiger partial charge in [0.2, 0.25) is 10.0 Å². The average molecular weight is 367 g/mol. The second-order valence-corrected chi connectivity index (χ2v) is 7.56. The number of anilines is 1. The molecule has 8 nitrogen and oxygen atoms in total. The van der Waals surface area contributed by atoms with Crippen LogP contribution in [0.1, 0.15) is 5.76 Å². The molecular weight excluding hydrogens is 356 g/mol. The molecular formula is C11H11ClN2O6S2. The van der Waals surface area contributed by atoms with Gasteiger partial charge in [-0.2, -0.15) is 8.42 Å². The minimum atomic E-state index is -4.70. The molecule has 0 spiro atoms. The lowest BCUT2D eigenvalue weighted by molar-refractivity contribution is 0.483. The van der Waals surface area contributed by atoms with Crippen molar-refractivity contribution in [2.24, 2.45) is 5.14 Å². The van der Waals surface area contributed by atoms with Crippen molar-refractivity contribution in [3.63, 3.8) is 0 Å². The summed E-state index contributed by atoms with van der Waals surface area (Å²) in [5, 5.41) is 7.35. The Morgan fingerprint density at radius 3 is 2.41 bits per heavy atom. The Hall–Kier alpha value is -1.59. The molecule has 0 atom stereocenters. The molecule has 1 heterocycles. The first-order chi connectivity index (χ1) is 10.1. The van der Waals surface area contributed by atoms with Gasteiger partial charge in [0.15, 0.2) is 0 Å². The number of nitrogens with one attached hydrogen (secondary N) is 1. The van der Waals surface area contributed by atoms with Crippen molar-refractivity contribution in [3.05, 3.63) is 41.3 Å². The molecule has 0 saturated heterocycles. The van der Waals surface area contributed by atoms with Crippen LogP contribution in [0, 0.1) is 0 Å². The van der Waals surface area contributed by atoms with Crippen molar-refractivity contribution in [2.75, 3.05) is 5.32 Å². The van der Waals surface area contributed by atoms with Gasteiger partial charge >= 0.3 is 0 Å². The molecule has 0 radical (unpaired) electrons. The van der Waals surface area contributed by atoms with Crippen molar-refractivity contribution in [1.82, 2.24) is 0 Å². The standard InChI is InChI=1S/C11H11ClN2O6S2/c12-8-4-9(14-6-7-2-1-3-20-7)11(22(17,18)19)5-10(8)21(13,15)16/h1-5,14H,6H2,(H2,13,15,16)(H,17,18,19). The van der Waals surface area contributed by atoms with E-state index in [-0.39, 0.29) is 17.3 Å². The lowest BCUT2D eigenvalue weighted by Crippen LogP contribution is -2.15. The largest absolute Gasteiger partial charge is 0.467 e. The molecule has 0 aliphatic heterocycles. The van der Waals surface area contributed by atoms with Crippen LogP contribution in [-0.2, 0) is 26.7 Å². The number of nitrogens with two attached hydrogens (primary N) is 1. The summed E-state index contributed by atoms with van der Waals surface area (Å²) in [7, 11) is -8.94. The van der Waals surface area contributed by atoms with Gasteiger partial charge in [0.25, 0.3) is 10.1 Å². The van der Waals surface area contributed by atoms with Crippen molar-refractivity contribution in [1.29, 1.82) is 0 Å². The highest BCUT2D eigenvalue weighted by Crippen LogP contribution is 2.31. The van der Waals surface area contributed by atoms with E-state index in [0.717, 1.165) is 6.07 Å². The molecule has 0 amide bonds. The first kappa shape index (κ1) is 16.8. The molecule has 0 bridgehead atoms. The Balaban J connectivity index is 2.51. The monoisotopic (exact) mass is 366 g/mol. The van der Waals surface area contributed by atoms with Gasteiger partial charge in [-0.25, -0.2) is 13.6 Å². The fraction of sp³-hybridized carbons (Fsp3) is 0.0909. The van der Waals surface area contributed by atoms with E-state index in [1.807, 2.05) is 0 Å². The number of sulfonamides is 1. The molecule has 0 aliphatic rings. The highest BCUT2D eigenvalue weighted by atomic mass is 35.5. The summed E-state index contributed by atoms with van der Waals surface area (Å²) in [6.45, 7) is 0.0978. The summed E-state index contributed by atoms with van der Waals surface area (Å²) in [6, 6.07) is 5.02. The number of furan rings is 1. The maximum absolute atomic E-state index is 11.4. The van der Waals surface area contributed by atoms with Gasteiger partial charge in [-0.3, -0.25) is 4.55 Å². The summed E-state index contributed by atoms with van der Waals surface area (Å²) >= 11 is 5.80. The predicted octanol–water partition coefficient (Wildman–Crippen LogP) is 1.44. The van der Waals surface area contributed by atoms with E-state index in [1.165, 1.54) is 6.26 Å². The third-order valence-corrected chi connectivity index (χ3v) is 4.92. The summed E-state index contributed by atoms with van der Waals surface area (Å²) in [6.07, 6.45) is 1.43. The van der Waals surface area contributed by atoms with Crippen LogP contribution in [0.15, 0.2) is 44.7 Å². The van der Waals surface area contributed by atoms with E-state index in [9.17, 15) is 21.4 Å². The van der Waals surface area contributed by atoms with Crippen LogP contribution in [0.5, 0.6) is 0 Å². The zero-order chi connectivity index (χ0) is 16.5. The number of primary sulfonamides is 1. The summed E-state index contributed by atoms with van der Waals surface area (Å²) in [5.41, 5.74) is -0.0868. The maximum Gasteiger partial charge on any atom is 0.296 e. The molecule has 4 N–H and O–H groups in total. The Kier molecular flexibility index (Phi) is 4.49. The summed E-state index contributed by atoms with van der Waals surface area (Å²) in [5.74, 6) is 0.493. The van der Waals surface area contributed by atoms with Gasteiger partial charge in [-0.05, 0) is 24.3 Å². The predicted molar refractivity (Wildman–Crippen MR) is 78.7 cm³/mol. The van der Waals surface area contributed by atoms with Crippen LogP contribution in [0.25, 0.3) is 0 Å². The lowest BCUT2D eigenvalue weighted by atomic mass is 10.3. The number of benzene rings is 1. The second-order valence-electron chi connectivity index (χ2n) is 4.23. The van der Waals surface area contributed by atoms with E-state index in [0.29, 0.717) is 11.8 Å². The fourth-order valence-corrected chi connectivity index (χ4v) is 3.55. The van der Waals surface area contributed by atoms with Crippen molar-refractivity contribution >= 4 is 37.4 Å². The van der Waals surface area contributed by atoms with Crippen LogP contribution in [0.3, 0.4) is 0 Å². The van der Waals surface area contributed by atoms with Gasteiger partial charge in [0, 0.05) is 0 Å². The van der Waals surface area contributed by atoms with E-state index < -0.39 is 29.9 Å². The van der Waals surface area contributed by atoms with Gasteiger partial charge in [0.05, 0.1) is 23.5 Å². The molecule has 2 rings (SSSR count). The molecule has 22 heavy (non-hydrogen) atoms. The van der Waals surface area contributed by atoms with Crippen LogP contribution in [0.2, 0.25) is 5.02 Å². The Morgan fingerprint density at radius 1 is 1.23 bits per heavy atom. The van der Waals surface area contributed by atoms with Crippen molar-refractivity contribution in [2.45, 2.75) is 16.3 Å². The molecule has 0 saturated carbocycles. The molecule has 0 aliphatic carbocycles. The Bertz CT molecular complexity index is 891. The first-order valence-corrected chi connectivity index (χ1v) is 9.05. The van der Waals surface area contributed by atoms with E-state index >= 15 is 0 Å². The minimum absolute atomic E-state index is 0.0868. The summed E-state index contributed by atoms with van der Waals surface area (Å²) in [4.78, 5) is -1.27. The van der Waals surface area contributed by atoms with Crippen LogP contribution in [0.4, 0.5) is 5.69 Å². The van der Waals surface area contributed by atoms with E-state index in [2.05, 4.69) is 5.32 Å². The highest BCUT2D eigenvalue weighted by Gasteiger charge is 2.23. The second kappa shape index (κ2) is 5.89. The van der Waals surface area contributed by atoms with Crippen LogP contribution in [-0.4, -0.2) is 21.4 Å². The Labute approximate surface area is 131 Å². The highest BCUT2D eigenvalue weighted by molar-refractivity contribution is 7.89. The van der Waals surface area contributed by atoms with Crippen LogP contribution < -0.4 is 10.5 Å². The minimum Gasteiger partial charge on any atom is -0.467 e. The zero-order valence-electron chi connectivity index (χ0n) is 10.9. The molecule has 120 valence electrons. The summed E-state index contributed by atoms with van der Waals surface area (Å²) < 4.78 is 59.9. The topological polar surface area (TPSA) is 140 Å². The van der Waals surface area contributed by atoms with E-state index in [1.54, 1.807) is 12.1 Å². The van der Waals surface area contributed by atoms with Gasteiger partial charge < -0.3 is 9.73 Å². The number of halogens is 1. The van der Waals surface area contributed by atoms with Crippen molar-refractivity contribution in [3.8, 4) is 0 Å². The van der Waals surface area contributed by atoms with Crippen LogP contribution >= 0.6 is 11.6 Å². The molecule has 0 unspecified atom stereocenters. The average Bonchev–Trinajstić information content (AvgIpc) is 2.86. The lowest BCUT2D eigenvalue weighted by Gasteiger charge is -2.12. The molecule has 2 aromatic rings. The maximum atomic E-state index is 11.4. The number of hydrogen-bond acceptors (Lipinski definition) is 6. The fourth-order valence-electron chi connectivity index (χ4n) is 1.70. The smallest absolute Gasteiger partial charge is 0.296 e. The van der Waals surface area contributed by atoms with Gasteiger partial charge in [0.1, 0.15) is 15.6 Å². The molecule has 1 aromatic carbocycles. The molecule has 11 heteroatoms. The SMILES string of the molecule is NS(=O)(=O)c1cc(S(=O)(=O)O)c(NCc2ccco2)cc1Cl. The van der Waals surface area contributed by atoms with Gasteiger partial charge in [-0.1, -0.05) is 11.6 Å². The van der Waals surface area contributed by atoms with E-state index in [4.69, 9.17) is 21.2 Å². The molecule has 0 fully saturated rings.